The number of hydrogen-bond acceptors (Lipinski definition) is 5. The number of nitrogens with one attached hydrogen (secondary N) is 1. The van der Waals surface area contributed by atoms with Crippen molar-refractivity contribution in [3.63, 3.8) is 0 Å². The minimum Gasteiger partial charge on any atom is -0.507 e. The maximum Gasteiger partial charge on any atom is 0.301 e. The van der Waals surface area contributed by atoms with Crippen LogP contribution in [0.15, 0.2) is 21.7 Å². The van der Waals surface area contributed by atoms with E-state index in [1.54, 1.807) is 7.05 Å². The average molecular weight is 289 g/mol. The number of oxazole rings is 1. The molecule has 0 saturated carbocycles. The van der Waals surface area contributed by atoms with Crippen LogP contribution in [0.1, 0.15) is 40.9 Å². The summed E-state index contributed by atoms with van der Waals surface area (Å²) in [6.45, 7) is 1.96. The van der Waals surface area contributed by atoms with Gasteiger partial charge in [-0.15, -0.1) is 0 Å². The predicted octanol–water partition coefficient (Wildman–Crippen LogP) is 1.38. The third-order valence-corrected chi connectivity index (χ3v) is 3.91. The van der Waals surface area contributed by atoms with Gasteiger partial charge in [-0.25, -0.2) is 4.98 Å². The Morgan fingerprint density at radius 2 is 2.33 bits per heavy atom. The van der Waals surface area contributed by atoms with E-state index in [1.807, 2.05) is 6.92 Å². The van der Waals surface area contributed by atoms with Crippen molar-refractivity contribution < 1.29 is 14.3 Å². The number of nitrogens with zero attached hydrogens (tertiary/aromatic N) is 2. The first kappa shape index (κ1) is 13.4. The number of aromatic nitrogens is 2. The zero-order valence-electron chi connectivity index (χ0n) is 11.7. The Morgan fingerprint density at radius 3 is 3.00 bits per heavy atom. The molecule has 0 fully saturated rings. The highest BCUT2D eigenvalue weighted by atomic mass is 16.4. The molecular formula is C14H15N3O4. The highest BCUT2D eigenvalue weighted by Gasteiger charge is 2.31. The molecule has 0 unspecified atom stereocenters. The first-order chi connectivity index (χ1) is 10.0. The molecule has 2 aromatic rings. The topological polar surface area (TPSA) is 97.4 Å². The molecule has 7 nitrogen and oxygen atoms in total. The Bertz CT molecular complexity index is 762. The summed E-state index contributed by atoms with van der Waals surface area (Å²) in [4.78, 5) is 28.3. The van der Waals surface area contributed by atoms with E-state index in [1.165, 1.54) is 17.0 Å². The van der Waals surface area contributed by atoms with Gasteiger partial charge < -0.3 is 14.1 Å². The third kappa shape index (κ3) is 2.01. The summed E-state index contributed by atoms with van der Waals surface area (Å²) >= 11 is 0. The largest absolute Gasteiger partial charge is 0.507 e. The Labute approximate surface area is 120 Å². The number of anilines is 1. The molecule has 110 valence electrons. The quantitative estimate of drug-likeness (QED) is 0.870. The lowest BCUT2D eigenvalue weighted by Gasteiger charge is -2.14. The maximum absolute atomic E-state index is 12.3. The lowest BCUT2D eigenvalue weighted by atomic mass is 10.0. The summed E-state index contributed by atoms with van der Waals surface area (Å²) in [6, 6.07) is -0.0185. The summed E-state index contributed by atoms with van der Waals surface area (Å²) in [7, 11) is 1.61. The number of amides is 1. The van der Waals surface area contributed by atoms with Crippen LogP contribution < -0.4 is 10.9 Å². The van der Waals surface area contributed by atoms with Crippen LogP contribution in [0.25, 0.3) is 0 Å². The fraction of sp³-hybridized carbons (Fsp3) is 0.357. The van der Waals surface area contributed by atoms with E-state index in [9.17, 15) is 14.7 Å². The number of pyridine rings is 1. The van der Waals surface area contributed by atoms with Crippen LogP contribution in [-0.2, 0) is 13.5 Å². The SMILES string of the molecule is C[C@H]1CCc2c1c(O)c(C(=O)Nc1ncco1)c(=O)n2C. The van der Waals surface area contributed by atoms with E-state index in [0.717, 1.165) is 18.5 Å². The summed E-state index contributed by atoms with van der Waals surface area (Å²) < 4.78 is 6.35. The average Bonchev–Trinajstić information content (AvgIpc) is 3.06. The number of rotatable bonds is 2. The summed E-state index contributed by atoms with van der Waals surface area (Å²) in [6.07, 6.45) is 4.25. The molecule has 1 aliphatic carbocycles. The van der Waals surface area contributed by atoms with Gasteiger partial charge in [0, 0.05) is 18.3 Å². The van der Waals surface area contributed by atoms with Crippen molar-refractivity contribution in [1.29, 1.82) is 0 Å². The zero-order valence-corrected chi connectivity index (χ0v) is 11.7. The molecular weight excluding hydrogens is 274 g/mol. The molecule has 1 aliphatic rings. The molecule has 2 N–H and O–H groups in total. The molecule has 1 amide bonds. The number of carbonyl (C=O) groups excluding carboxylic acids is 1. The second-order valence-corrected chi connectivity index (χ2v) is 5.18. The van der Waals surface area contributed by atoms with Gasteiger partial charge in [-0.2, -0.15) is 0 Å². The van der Waals surface area contributed by atoms with E-state index in [4.69, 9.17) is 4.42 Å². The molecule has 0 aromatic carbocycles. The zero-order chi connectivity index (χ0) is 15.1. The lowest BCUT2D eigenvalue weighted by molar-refractivity contribution is 0.101. The molecule has 3 rings (SSSR count). The summed E-state index contributed by atoms with van der Waals surface area (Å²) in [5.74, 6) is -0.848. The van der Waals surface area contributed by atoms with E-state index >= 15 is 0 Å². The molecule has 2 heterocycles. The van der Waals surface area contributed by atoms with Crippen LogP contribution >= 0.6 is 0 Å². The molecule has 21 heavy (non-hydrogen) atoms. The van der Waals surface area contributed by atoms with E-state index in [0.29, 0.717) is 5.56 Å². The van der Waals surface area contributed by atoms with Crippen molar-refractivity contribution in [1.82, 2.24) is 9.55 Å². The molecule has 2 aromatic heterocycles. The summed E-state index contributed by atoms with van der Waals surface area (Å²) in [5, 5.41) is 12.7. The molecule has 0 spiro atoms. The van der Waals surface area contributed by atoms with Gasteiger partial charge in [0.2, 0.25) is 0 Å². The number of fused-ring (bicyclic) bond motifs is 1. The molecule has 0 saturated heterocycles. The van der Waals surface area contributed by atoms with Crippen LogP contribution in [-0.4, -0.2) is 20.6 Å². The maximum atomic E-state index is 12.3. The Hall–Kier alpha value is -2.57. The minimum atomic E-state index is -0.725. The van der Waals surface area contributed by atoms with Crippen molar-refractivity contribution in [2.24, 2.45) is 7.05 Å². The number of aromatic hydroxyl groups is 1. The van der Waals surface area contributed by atoms with Gasteiger partial charge in [-0.05, 0) is 18.8 Å². The van der Waals surface area contributed by atoms with Gasteiger partial charge in [-0.3, -0.25) is 14.9 Å². The van der Waals surface area contributed by atoms with E-state index in [-0.39, 0.29) is 23.2 Å². The molecule has 0 radical (unpaired) electrons. The monoisotopic (exact) mass is 289 g/mol. The second-order valence-electron chi connectivity index (χ2n) is 5.18. The van der Waals surface area contributed by atoms with Gasteiger partial charge in [0.1, 0.15) is 17.6 Å². The van der Waals surface area contributed by atoms with Crippen LogP contribution in [0.3, 0.4) is 0 Å². The standard InChI is InChI=1S/C14H15N3O4/c1-7-3-4-8-9(7)11(18)10(13(20)17(8)2)12(19)16-14-15-5-6-21-14/h5-7,18H,3-4H2,1-2H3,(H,15,16,19)/t7-/m0/s1. The van der Waals surface area contributed by atoms with Crippen molar-refractivity contribution in [3.8, 4) is 5.75 Å². The normalized spacial score (nSPS) is 16.8. The van der Waals surface area contributed by atoms with Gasteiger partial charge >= 0.3 is 6.01 Å². The Morgan fingerprint density at radius 1 is 1.57 bits per heavy atom. The first-order valence-corrected chi connectivity index (χ1v) is 6.66. The van der Waals surface area contributed by atoms with Crippen molar-refractivity contribution in [2.75, 3.05) is 5.32 Å². The molecule has 0 aliphatic heterocycles. The summed E-state index contributed by atoms with van der Waals surface area (Å²) in [5.41, 5.74) is 0.667. The van der Waals surface area contributed by atoms with Gasteiger partial charge in [-0.1, -0.05) is 6.92 Å². The molecule has 7 heteroatoms. The highest BCUT2D eigenvalue weighted by molar-refractivity contribution is 6.05. The van der Waals surface area contributed by atoms with Gasteiger partial charge in [0.25, 0.3) is 11.5 Å². The fourth-order valence-electron chi connectivity index (χ4n) is 2.81. The molecule has 0 bridgehead atoms. The van der Waals surface area contributed by atoms with Crippen LogP contribution in [0, 0.1) is 0 Å². The van der Waals surface area contributed by atoms with Gasteiger partial charge in [0.05, 0.1) is 6.20 Å². The minimum absolute atomic E-state index is 0.0185. The smallest absolute Gasteiger partial charge is 0.301 e. The predicted molar refractivity (Wildman–Crippen MR) is 74.5 cm³/mol. The number of hydrogen-bond donors (Lipinski definition) is 2. The van der Waals surface area contributed by atoms with E-state index < -0.39 is 11.5 Å². The first-order valence-electron chi connectivity index (χ1n) is 6.66. The van der Waals surface area contributed by atoms with Crippen molar-refractivity contribution in [2.45, 2.75) is 25.7 Å². The van der Waals surface area contributed by atoms with Crippen molar-refractivity contribution >= 4 is 11.9 Å². The van der Waals surface area contributed by atoms with Crippen molar-refractivity contribution in [3.05, 3.63) is 39.6 Å². The lowest BCUT2D eigenvalue weighted by Crippen LogP contribution is -2.30. The fourth-order valence-corrected chi connectivity index (χ4v) is 2.81. The second kappa shape index (κ2) is 4.76. The van der Waals surface area contributed by atoms with Crippen LogP contribution in [0.2, 0.25) is 0 Å². The van der Waals surface area contributed by atoms with Crippen LogP contribution in [0.5, 0.6) is 5.75 Å². The molecule has 1 atom stereocenters. The van der Waals surface area contributed by atoms with Crippen LogP contribution in [0.4, 0.5) is 6.01 Å². The Kier molecular flexibility index (Phi) is 3.04. The highest BCUT2D eigenvalue weighted by Crippen LogP contribution is 2.39. The Balaban J connectivity index is 2.11. The third-order valence-electron chi connectivity index (χ3n) is 3.91. The van der Waals surface area contributed by atoms with E-state index in [2.05, 4.69) is 10.3 Å². The number of carbonyl (C=O) groups is 1. The van der Waals surface area contributed by atoms with Gasteiger partial charge in [0.15, 0.2) is 0 Å².